The minimum absolute atomic E-state index is 0.0596. The molecule has 0 amide bonds. The van der Waals surface area contributed by atoms with Crippen molar-refractivity contribution in [1.82, 2.24) is 9.97 Å². The van der Waals surface area contributed by atoms with Crippen molar-refractivity contribution in [1.29, 1.82) is 0 Å². The molecule has 98 heavy (non-hydrogen) atoms. The highest BCUT2D eigenvalue weighted by atomic mass is 14.9. The van der Waals surface area contributed by atoms with Gasteiger partial charge in [-0.05, 0) is 169 Å². The molecule has 11 aromatic rings. The van der Waals surface area contributed by atoms with Crippen molar-refractivity contribution >= 4 is 44.5 Å². The SMILES string of the molecule is CCCCCCCCC1(CCCCCCCC)c2cc(C)ccc2-c2ccc(-c3cc(-c4ccc5c(c4)C(CCCCCCCC)(CCCCCCCC)c4cc(-c6ccc(/C=C/c7ccc(C)cc7)cc6)ccc4-5)nc(-c4ccc5c6ccccc6c6ccccc6c5c4)n3)cc21. The highest BCUT2D eigenvalue weighted by molar-refractivity contribution is 6.25. The molecule has 0 aliphatic heterocycles. The summed E-state index contributed by atoms with van der Waals surface area (Å²) in [7, 11) is 0. The summed E-state index contributed by atoms with van der Waals surface area (Å²) in [4.78, 5) is 11.7. The Labute approximate surface area is 588 Å². The third-order valence-electron chi connectivity index (χ3n) is 22.8. The Balaban J connectivity index is 0.961. The van der Waals surface area contributed by atoms with Crippen molar-refractivity contribution < 1.29 is 0 Å². The van der Waals surface area contributed by atoms with Crippen LogP contribution in [0.5, 0.6) is 0 Å². The topological polar surface area (TPSA) is 25.8 Å². The van der Waals surface area contributed by atoms with E-state index in [0.29, 0.717) is 0 Å². The first kappa shape index (κ1) is 68.3. The second kappa shape index (κ2) is 32.2. The zero-order valence-electron chi connectivity index (χ0n) is 60.3. The summed E-state index contributed by atoms with van der Waals surface area (Å²) < 4.78 is 0. The van der Waals surface area contributed by atoms with Crippen LogP contribution in [-0.4, -0.2) is 9.97 Å². The van der Waals surface area contributed by atoms with Crippen LogP contribution in [0.1, 0.15) is 252 Å². The van der Waals surface area contributed by atoms with Gasteiger partial charge in [-0.3, -0.25) is 0 Å². The average Bonchev–Trinajstić information content (AvgIpc) is 1.17. The van der Waals surface area contributed by atoms with Crippen LogP contribution in [-0.2, 0) is 10.8 Å². The molecule has 13 rings (SSSR count). The van der Waals surface area contributed by atoms with E-state index in [-0.39, 0.29) is 10.8 Å². The number of unbranched alkanes of at least 4 members (excludes halogenated alkanes) is 20. The van der Waals surface area contributed by atoms with Gasteiger partial charge in [0.25, 0.3) is 0 Å². The van der Waals surface area contributed by atoms with Gasteiger partial charge in [-0.1, -0.05) is 369 Å². The van der Waals surface area contributed by atoms with E-state index in [1.54, 1.807) is 5.56 Å². The summed E-state index contributed by atoms with van der Waals surface area (Å²) in [6.45, 7) is 13.8. The van der Waals surface area contributed by atoms with Crippen molar-refractivity contribution in [2.75, 3.05) is 0 Å². The standard InChI is InChI=1S/C96H108N2/c1-7-11-15-19-23-31-59-95(60-32-24-20-16-12-8-2)88-63-70(6)41-54-83(88)85-57-51-75(66-90(85)95)92-68-93(98-94(97-92)77-53-55-82-80-37-28-27-35-78(80)79-36-29-30-38-81(79)87(82)64-77)76-52-58-86-84-56-50-74(73-48-46-72(47-49-73)45-44-71-42-39-69(5)40-43-71)65-89(84)96(91(86)67-76,61-33-25-21-17-13-9-3)62-34-26-22-18-14-10-4/h27-30,35-58,63-68H,7-26,31-34,59-62H2,1-6H3/b45-44+. The van der Waals surface area contributed by atoms with Crippen molar-refractivity contribution in [3.05, 3.63) is 239 Å². The quantitative estimate of drug-likeness (QED) is 0.0228. The molecule has 2 heteroatoms. The minimum Gasteiger partial charge on any atom is -0.228 e. The Kier molecular flexibility index (Phi) is 22.5. The molecule has 1 aromatic heterocycles. The number of benzene rings is 10. The molecule has 0 N–H and O–H groups in total. The Morgan fingerprint density at radius 2 is 0.592 bits per heavy atom. The minimum atomic E-state index is -0.146. The fraction of sp³-hybridized carbons (Fsp3) is 0.375. The fourth-order valence-electron chi connectivity index (χ4n) is 17.3. The number of fused-ring (bicyclic) bond motifs is 12. The van der Waals surface area contributed by atoms with Crippen LogP contribution in [0.15, 0.2) is 194 Å². The molecular formula is C96H108N2. The summed E-state index contributed by atoms with van der Waals surface area (Å²) in [6, 6.07) is 75.4. The van der Waals surface area contributed by atoms with Crippen molar-refractivity contribution in [3.8, 4) is 67.3 Å². The van der Waals surface area contributed by atoms with E-state index in [4.69, 9.17) is 9.97 Å². The number of nitrogens with zero attached hydrogens (tertiary/aromatic N) is 2. The molecule has 10 aromatic carbocycles. The normalized spacial score (nSPS) is 13.4. The van der Waals surface area contributed by atoms with Gasteiger partial charge in [-0.15, -0.1) is 0 Å². The molecule has 0 atom stereocenters. The zero-order valence-corrected chi connectivity index (χ0v) is 60.3. The lowest BCUT2D eigenvalue weighted by molar-refractivity contribution is 0.398. The maximum Gasteiger partial charge on any atom is 0.160 e. The summed E-state index contributed by atoms with van der Waals surface area (Å²) in [5.41, 5.74) is 24.6. The van der Waals surface area contributed by atoms with Crippen LogP contribution in [0, 0.1) is 13.8 Å². The summed E-state index contributed by atoms with van der Waals surface area (Å²) in [5.74, 6) is 0.775. The zero-order chi connectivity index (χ0) is 67.3. The molecule has 2 aliphatic carbocycles. The van der Waals surface area contributed by atoms with Gasteiger partial charge in [0.15, 0.2) is 5.82 Å². The van der Waals surface area contributed by atoms with E-state index >= 15 is 0 Å². The first-order chi connectivity index (χ1) is 48.2. The van der Waals surface area contributed by atoms with Gasteiger partial charge in [0.05, 0.1) is 11.4 Å². The van der Waals surface area contributed by atoms with Gasteiger partial charge in [-0.2, -0.15) is 0 Å². The number of hydrogen-bond acceptors (Lipinski definition) is 2. The lowest BCUT2D eigenvalue weighted by Crippen LogP contribution is -2.26. The van der Waals surface area contributed by atoms with Crippen LogP contribution < -0.4 is 0 Å². The van der Waals surface area contributed by atoms with E-state index in [1.807, 2.05) is 0 Å². The van der Waals surface area contributed by atoms with Crippen LogP contribution in [0.3, 0.4) is 0 Å². The molecule has 1 heterocycles. The monoisotopic (exact) mass is 1290 g/mol. The summed E-state index contributed by atoms with van der Waals surface area (Å²) >= 11 is 0. The Morgan fingerprint density at radius 1 is 0.265 bits per heavy atom. The largest absolute Gasteiger partial charge is 0.228 e. The number of aryl methyl sites for hydroxylation is 2. The van der Waals surface area contributed by atoms with Crippen LogP contribution in [0.2, 0.25) is 0 Å². The van der Waals surface area contributed by atoms with Gasteiger partial charge < -0.3 is 0 Å². The average molecular weight is 1290 g/mol. The molecule has 0 saturated carbocycles. The van der Waals surface area contributed by atoms with Crippen molar-refractivity contribution in [3.63, 3.8) is 0 Å². The second-order valence-electron chi connectivity index (χ2n) is 29.7. The van der Waals surface area contributed by atoms with E-state index in [0.717, 1.165) is 35.6 Å². The summed E-state index contributed by atoms with van der Waals surface area (Å²) in [5, 5.41) is 7.60. The maximum absolute atomic E-state index is 5.84. The molecule has 2 aliphatic rings. The van der Waals surface area contributed by atoms with Gasteiger partial charge in [0.2, 0.25) is 0 Å². The molecule has 0 unspecified atom stereocenters. The van der Waals surface area contributed by atoms with Crippen LogP contribution in [0.25, 0.3) is 112 Å². The lowest BCUT2D eigenvalue weighted by Gasteiger charge is -2.33. The maximum atomic E-state index is 5.84. The molecular weight excluding hydrogens is 1180 g/mol. The number of rotatable bonds is 34. The van der Waals surface area contributed by atoms with Gasteiger partial charge in [-0.25, -0.2) is 9.97 Å². The molecule has 0 fully saturated rings. The van der Waals surface area contributed by atoms with Crippen molar-refractivity contribution in [2.45, 2.75) is 232 Å². The van der Waals surface area contributed by atoms with Crippen LogP contribution >= 0.6 is 0 Å². The highest BCUT2D eigenvalue weighted by Crippen LogP contribution is 2.58. The summed E-state index contributed by atoms with van der Waals surface area (Å²) in [6.07, 6.45) is 40.0. The molecule has 2 nitrogen and oxygen atoms in total. The molecule has 502 valence electrons. The lowest BCUT2D eigenvalue weighted by atomic mass is 9.70. The van der Waals surface area contributed by atoms with E-state index in [2.05, 4.69) is 248 Å². The van der Waals surface area contributed by atoms with Gasteiger partial charge >= 0.3 is 0 Å². The first-order valence-corrected chi connectivity index (χ1v) is 38.9. The molecule has 0 bridgehead atoms. The Bertz CT molecular complexity index is 4470. The first-order valence-electron chi connectivity index (χ1n) is 38.9. The number of aromatic nitrogens is 2. The Morgan fingerprint density at radius 3 is 1.03 bits per heavy atom. The predicted molar refractivity (Wildman–Crippen MR) is 426 cm³/mol. The number of hydrogen-bond donors (Lipinski definition) is 0. The molecule has 0 spiro atoms. The van der Waals surface area contributed by atoms with E-state index in [9.17, 15) is 0 Å². The van der Waals surface area contributed by atoms with Gasteiger partial charge in [0.1, 0.15) is 0 Å². The predicted octanol–water partition coefficient (Wildman–Crippen LogP) is 28.9. The highest BCUT2D eigenvalue weighted by Gasteiger charge is 2.44. The Hall–Kier alpha value is -8.20. The second-order valence-corrected chi connectivity index (χ2v) is 29.7. The third-order valence-corrected chi connectivity index (χ3v) is 22.8. The van der Waals surface area contributed by atoms with E-state index < -0.39 is 0 Å². The smallest absolute Gasteiger partial charge is 0.160 e. The van der Waals surface area contributed by atoms with Crippen LogP contribution in [0.4, 0.5) is 0 Å². The van der Waals surface area contributed by atoms with Crippen molar-refractivity contribution in [2.24, 2.45) is 0 Å². The fourth-order valence-corrected chi connectivity index (χ4v) is 17.3. The third kappa shape index (κ3) is 14.7. The van der Waals surface area contributed by atoms with Gasteiger partial charge in [0, 0.05) is 27.5 Å². The molecule has 0 radical (unpaired) electrons. The molecule has 0 saturated heterocycles. The van der Waals surface area contributed by atoms with E-state index in [1.165, 1.54) is 283 Å².